The summed E-state index contributed by atoms with van der Waals surface area (Å²) >= 11 is 0. The lowest BCUT2D eigenvalue weighted by atomic mass is 10.2. The second kappa shape index (κ2) is 9.05. The number of carbonyl (C=O) groups is 1. The summed E-state index contributed by atoms with van der Waals surface area (Å²) in [6, 6.07) is 15.3. The van der Waals surface area contributed by atoms with Gasteiger partial charge in [-0.3, -0.25) is 9.10 Å². The number of rotatable bonds is 8. The van der Waals surface area contributed by atoms with Crippen LogP contribution in [0.15, 0.2) is 48.5 Å². The predicted octanol–water partition coefficient (Wildman–Crippen LogP) is 2.75. The summed E-state index contributed by atoms with van der Waals surface area (Å²) < 4.78 is 30.7. The van der Waals surface area contributed by atoms with Crippen LogP contribution < -0.4 is 14.4 Å². The molecule has 0 aliphatic carbocycles. The van der Waals surface area contributed by atoms with E-state index in [1.54, 1.807) is 42.5 Å². The Morgan fingerprint density at radius 1 is 1.19 bits per heavy atom. The smallest absolute Gasteiger partial charge is 0.232 e. The Morgan fingerprint density at radius 2 is 1.85 bits per heavy atom. The van der Waals surface area contributed by atoms with E-state index in [1.165, 1.54) is 6.07 Å². The molecular weight excluding hydrogens is 366 g/mol. The van der Waals surface area contributed by atoms with E-state index in [2.05, 4.69) is 5.32 Å². The Labute approximate surface area is 159 Å². The molecule has 7 nitrogen and oxygen atoms in total. The van der Waals surface area contributed by atoms with Gasteiger partial charge in [0.05, 0.1) is 24.1 Å². The summed E-state index contributed by atoms with van der Waals surface area (Å²) in [5.41, 5.74) is 1.08. The van der Waals surface area contributed by atoms with E-state index in [1.807, 2.05) is 13.0 Å². The maximum Gasteiger partial charge on any atom is 0.232 e. The second-order valence-corrected chi connectivity index (χ2v) is 7.63. The first-order valence-corrected chi connectivity index (χ1v) is 10.2. The van der Waals surface area contributed by atoms with Gasteiger partial charge in [-0.1, -0.05) is 12.1 Å². The summed E-state index contributed by atoms with van der Waals surface area (Å²) in [6.45, 7) is 2.37. The molecule has 0 saturated carbocycles. The van der Waals surface area contributed by atoms with Crippen molar-refractivity contribution in [3.8, 4) is 11.8 Å². The van der Waals surface area contributed by atoms with E-state index in [0.29, 0.717) is 18.0 Å². The molecule has 0 heterocycles. The van der Waals surface area contributed by atoms with Gasteiger partial charge in [0, 0.05) is 18.7 Å². The standard InChI is InChI=1S/C19H21N3O4S/c1-3-26-17-10-8-16(9-11-17)21-19(23)12-13-22(27(2,24)25)18-7-5-4-6-15(18)14-20/h4-11H,3,12-13H2,1-2H3,(H,21,23). The zero-order chi connectivity index (χ0) is 19.9. The number of sulfonamides is 1. The lowest BCUT2D eigenvalue weighted by Crippen LogP contribution is -2.33. The van der Waals surface area contributed by atoms with E-state index in [-0.39, 0.29) is 30.1 Å². The number of ether oxygens (including phenoxy) is 1. The molecule has 8 heteroatoms. The average molecular weight is 387 g/mol. The van der Waals surface area contributed by atoms with Crippen molar-refractivity contribution in [3.05, 3.63) is 54.1 Å². The highest BCUT2D eigenvalue weighted by atomic mass is 32.2. The zero-order valence-corrected chi connectivity index (χ0v) is 16.0. The van der Waals surface area contributed by atoms with Crippen molar-refractivity contribution in [2.75, 3.05) is 29.0 Å². The molecule has 0 saturated heterocycles. The molecular formula is C19H21N3O4S. The first kappa shape index (κ1) is 20.3. The minimum absolute atomic E-state index is 0.0555. The number of amides is 1. The highest BCUT2D eigenvalue weighted by Crippen LogP contribution is 2.22. The summed E-state index contributed by atoms with van der Waals surface area (Å²) in [4.78, 5) is 12.2. The Hall–Kier alpha value is -3.05. The summed E-state index contributed by atoms with van der Waals surface area (Å²) in [5, 5.41) is 11.9. The summed E-state index contributed by atoms with van der Waals surface area (Å²) in [5.74, 6) is 0.370. The number of hydrogen-bond acceptors (Lipinski definition) is 5. The van der Waals surface area contributed by atoms with Gasteiger partial charge < -0.3 is 10.1 Å². The largest absolute Gasteiger partial charge is 0.494 e. The van der Waals surface area contributed by atoms with Crippen LogP contribution in [0.25, 0.3) is 0 Å². The minimum atomic E-state index is -3.65. The van der Waals surface area contributed by atoms with Gasteiger partial charge in [0.25, 0.3) is 0 Å². The first-order chi connectivity index (χ1) is 12.8. The lowest BCUT2D eigenvalue weighted by molar-refractivity contribution is -0.116. The van der Waals surface area contributed by atoms with E-state index in [9.17, 15) is 18.5 Å². The van der Waals surface area contributed by atoms with Crippen molar-refractivity contribution in [2.45, 2.75) is 13.3 Å². The average Bonchev–Trinajstić information content (AvgIpc) is 2.63. The van der Waals surface area contributed by atoms with Crippen LogP contribution in [0.5, 0.6) is 5.75 Å². The molecule has 0 aromatic heterocycles. The molecule has 142 valence electrons. The number of nitrogens with zero attached hydrogens (tertiary/aromatic N) is 2. The van der Waals surface area contributed by atoms with Gasteiger partial charge in [-0.2, -0.15) is 5.26 Å². The fourth-order valence-electron chi connectivity index (χ4n) is 2.48. The number of anilines is 2. The number of para-hydroxylation sites is 1. The SMILES string of the molecule is CCOc1ccc(NC(=O)CCN(c2ccccc2C#N)S(C)(=O)=O)cc1. The molecule has 0 aliphatic rings. The highest BCUT2D eigenvalue weighted by Gasteiger charge is 2.21. The van der Waals surface area contributed by atoms with Crippen LogP contribution in [0, 0.1) is 11.3 Å². The van der Waals surface area contributed by atoms with Crippen molar-refractivity contribution in [2.24, 2.45) is 0 Å². The molecule has 0 radical (unpaired) electrons. The van der Waals surface area contributed by atoms with Crippen LogP contribution in [-0.2, 0) is 14.8 Å². The molecule has 1 N–H and O–H groups in total. The fourth-order valence-corrected chi connectivity index (χ4v) is 3.42. The van der Waals surface area contributed by atoms with E-state index in [0.717, 1.165) is 10.6 Å². The number of nitriles is 1. The van der Waals surface area contributed by atoms with Gasteiger partial charge >= 0.3 is 0 Å². The molecule has 0 spiro atoms. The van der Waals surface area contributed by atoms with Crippen LogP contribution in [0.4, 0.5) is 11.4 Å². The van der Waals surface area contributed by atoms with Crippen molar-refractivity contribution in [1.82, 2.24) is 0 Å². The van der Waals surface area contributed by atoms with Gasteiger partial charge in [0.1, 0.15) is 11.8 Å². The summed E-state index contributed by atoms with van der Waals surface area (Å²) in [6.07, 6.45) is 0.992. The van der Waals surface area contributed by atoms with Gasteiger partial charge in [0.15, 0.2) is 0 Å². The molecule has 1 amide bonds. The molecule has 0 bridgehead atoms. The first-order valence-electron chi connectivity index (χ1n) is 8.34. The number of nitrogens with one attached hydrogen (secondary N) is 1. The monoisotopic (exact) mass is 387 g/mol. The van der Waals surface area contributed by atoms with Crippen LogP contribution in [0.2, 0.25) is 0 Å². The van der Waals surface area contributed by atoms with Gasteiger partial charge in [-0.05, 0) is 43.3 Å². The Morgan fingerprint density at radius 3 is 2.44 bits per heavy atom. The second-order valence-electron chi connectivity index (χ2n) is 5.72. The molecule has 2 rings (SSSR count). The highest BCUT2D eigenvalue weighted by molar-refractivity contribution is 7.92. The van der Waals surface area contributed by atoms with Gasteiger partial charge in [0.2, 0.25) is 15.9 Å². The van der Waals surface area contributed by atoms with Crippen LogP contribution >= 0.6 is 0 Å². The number of carbonyl (C=O) groups excluding carboxylic acids is 1. The Bertz CT molecular complexity index is 934. The van der Waals surface area contributed by atoms with Crippen molar-refractivity contribution in [1.29, 1.82) is 5.26 Å². The van der Waals surface area contributed by atoms with Crippen molar-refractivity contribution < 1.29 is 17.9 Å². The molecule has 2 aromatic carbocycles. The number of hydrogen-bond donors (Lipinski definition) is 1. The third-order valence-electron chi connectivity index (χ3n) is 3.68. The molecule has 0 unspecified atom stereocenters. The lowest BCUT2D eigenvalue weighted by Gasteiger charge is -2.23. The Balaban J connectivity index is 2.07. The normalized spacial score (nSPS) is 10.7. The van der Waals surface area contributed by atoms with Crippen LogP contribution in [0.3, 0.4) is 0 Å². The topological polar surface area (TPSA) is 99.5 Å². The van der Waals surface area contributed by atoms with E-state index >= 15 is 0 Å². The zero-order valence-electron chi connectivity index (χ0n) is 15.2. The molecule has 2 aromatic rings. The molecule has 0 atom stereocenters. The van der Waals surface area contributed by atoms with Crippen LogP contribution in [-0.4, -0.2) is 33.7 Å². The fraction of sp³-hybridized carbons (Fsp3) is 0.263. The van der Waals surface area contributed by atoms with E-state index < -0.39 is 10.0 Å². The third-order valence-corrected chi connectivity index (χ3v) is 4.86. The third kappa shape index (κ3) is 5.72. The van der Waals surface area contributed by atoms with E-state index in [4.69, 9.17) is 4.74 Å². The predicted molar refractivity (Wildman–Crippen MR) is 104 cm³/mol. The van der Waals surface area contributed by atoms with Crippen molar-refractivity contribution in [3.63, 3.8) is 0 Å². The van der Waals surface area contributed by atoms with Gasteiger partial charge in [-0.15, -0.1) is 0 Å². The summed E-state index contributed by atoms with van der Waals surface area (Å²) in [7, 11) is -3.65. The Kier molecular flexibility index (Phi) is 6.79. The van der Waals surface area contributed by atoms with Crippen LogP contribution in [0.1, 0.15) is 18.9 Å². The van der Waals surface area contributed by atoms with Gasteiger partial charge in [-0.25, -0.2) is 8.42 Å². The maximum absolute atomic E-state index is 12.2. The molecule has 0 aliphatic heterocycles. The minimum Gasteiger partial charge on any atom is -0.494 e. The number of benzene rings is 2. The molecule has 27 heavy (non-hydrogen) atoms. The quantitative estimate of drug-likeness (QED) is 0.751. The van der Waals surface area contributed by atoms with Crippen molar-refractivity contribution >= 4 is 27.3 Å². The molecule has 0 fully saturated rings. The maximum atomic E-state index is 12.2.